The fourth-order valence-electron chi connectivity index (χ4n) is 1.48. The molecule has 0 aliphatic heterocycles. The average molecular weight is 161 g/mol. The highest BCUT2D eigenvalue weighted by Crippen LogP contribution is 2.10. The Labute approximate surface area is 71.8 Å². The van der Waals surface area contributed by atoms with Gasteiger partial charge in [0.25, 0.3) is 5.82 Å². The van der Waals surface area contributed by atoms with Crippen LogP contribution in [0.25, 0.3) is 11.0 Å². The summed E-state index contributed by atoms with van der Waals surface area (Å²) in [6.07, 6.45) is 0. The van der Waals surface area contributed by atoms with Crippen molar-refractivity contribution in [3.63, 3.8) is 0 Å². The summed E-state index contributed by atoms with van der Waals surface area (Å²) in [5.74, 6) is 1.19. The number of nitrogens with one attached hydrogen (secondary N) is 1. The van der Waals surface area contributed by atoms with Crippen LogP contribution in [-0.4, -0.2) is 4.98 Å². The van der Waals surface area contributed by atoms with Gasteiger partial charge in [0.1, 0.15) is 0 Å². The number of imidazole rings is 1. The van der Waals surface area contributed by atoms with Crippen molar-refractivity contribution in [1.82, 2.24) is 4.98 Å². The summed E-state index contributed by atoms with van der Waals surface area (Å²) in [7, 11) is 2.08. The summed E-state index contributed by atoms with van der Waals surface area (Å²) >= 11 is 0. The molecule has 0 fully saturated rings. The summed E-state index contributed by atoms with van der Waals surface area (Å²) in [4.78, 5) is 3.32. The Hall–Kier alpha value is -1.31. The van der Waals surface area contributed by atoms with Gasteiger partial charge in [0.05, 0.1) is 7.05 Å². The van der Waals surface area contributed by atoms with Gasteiger partial charge in [-0.3, -0.25) is 0 Å². The van der Waals surface area contributed by atoms with E-state index in [9.17, 15) is 0 Å². The Bertz CT molecular complexity index is 427. The molecular weight excluding hydrogens is 148 g/mol. The van der Waals surface area contributed by atoms with Crippen molar-refractivity contribution in [2.75, 3.05) is 0 Å². The molecule has 1 aromatic heterocycles. The summed E-state index contributed by atoms with van der Waals surface area (Å²) in [6.45, 7) is 4.19. The number of aromatic nitrogens is 2. The Morgan fingerprint density at radius 2 is 2.00 bits per heavy atom. The molecule has 0 atom stereocenters. The van der Waals surface area contributed by atoms with Gasteiger partial charge in [0.2, 0.25) is 0 Å². The SMILES string of the molecule is Cc1ccc2[nH]c(C)[n+](C)c2c1. The molecule has 0 saturated carbocycles. The van der Waals surface area contributed by atoms with Crippen molar-refractivity contribution in [2.24, 2.45) is 7.05 Å². The zero-order chi connectivity index (χ0) is 8.72. The highest BCUT2D eigenvalue weighted by atomic mass is 15.0. The molecule has 0 amide bonds. The molecule has 1 N–H and O–H groups in total. The normalized spacial score (nSPS) is 10.9. The maximum absolute atomic E-state index is 3.32. The van der Waals surface area contributed by atoms with Crippen LogP contribution in [0.5, 0.6) is 0 Å². The number of fused-ring (bicyclic) bond motifs is 1. The van der Waals surface area contributed by atoms with Gasteiger partial charge in [-0.05, 0) is 24.6 Å². The molecule has 2 nitrogen and oxygen atoms in total. The second kappa shape index (κ2) is 2.34. The lowest BCUT2D eigenvalue weighted by Crippen LogP contribution is -2.29. The van der Waals surface area contributed by atoms with Crippen LogP contribution in [0.15, 0.2) is 18.2 Å². The molecule has 2 heteroatoms. The Balaban J connectivity index is 2.88. The molecule has 1 heterocycles. The third-order valence-corrected chi connectivity index (χ3v) is 2.33. The number of H-pyrrole nitrogens is 1. The number of aryl methyl sites for hydroxylation is 3. The van der Waals surface area contributed by atoms with Crippen LogP contribution in [-0.2, 0) is 7.05 Å². The van der Waals surface area contributed by atoms with Crippen molar-refractivity contribution < 1.29 is 4.57 Å². The minimum absolute atomic E-state index is 1.19. The molecule has 0 bridgehead atoms. The summed E-state index contributed by atoms with van der Waals surface area (Å²) < 4.78 is 2.17. The lowest BCUT2D eigenvalue weighted by Gasteiger charge is -1.90. The number of aromatic amines is 1. The quantitative estimate of drug-likeness (QED) is 0.566. The van der Waals surface area contributed by atoms with E-state index in [0.717, 1.165) is 0 Å². The predicted molar refractivity (Wildman–Crippen MR) is 48.9 cm³/mol. The monoisotopic (exact) mass is 161 g/mol. The van der Waals surface area contributed by atoms with Crippen LogP contribution in [0.2, 0.25) is 0 Å². The van der Waals surface area contributed by atoms with Crippen LogP contribution in [0, 0.1) is 13.8 Å². The van der Waals surface area contributed by atoms with Crippen molar-refractivity contribution >= 4 is 11.0 Å². The maximum Gasteiger partial charge on any atom is 0.251 e. The van der Waals surface area contributed by atoms with Crippen LogP contribution < -0.4 is 4.57 Å². The third kappa shape index (κ3) is 0.916. The smallest absolute Gasteiger partial charge is 0.241 e. The first-order valence-corrected chi connectivity index (χ1v) is 4.13. The molecule has 0 aliphatic carbocycles. The minimum atomic E-state index is 1.19. The summed E-state index contributed by atoms with van der Waals surface area (Å²) in [5, 5.41) is 0. The van der Waals surface area contributed by atoms with E-state index in [1.54, 1.807) is 0 Å². The lowest BCUT2D eigenvalue weighted by molar-refractivity contribution is -0.651. The van der Waals surface area contributed by atoms with E-state index in [1.165, 1.54) is 22.4 Å². The Kier molecular flexibility index (Phi) is 1.43. The van der Waals surface area contributed by atoms with Gasteiger partial charge in [-0.2, -0.15) is 0 Å². The number of hydrogen-bond donors (Lipinski definition) is 1. The van der Waals surface area contributed by atoms with E-state index in [-0.39, 0.29) is 0 Å². The van der Waals surface area contributed by atoms with Gasteiger partial charge in [-0.15, -0.1) is 0 Å². The highest BCUT2D eigenvalue weighted by molar-refractivity contribution is 5.72. The Morgan fingerprint density at radius 3 is 2.75 bits per heavy atom. The molecule has 1 aromatic carbocycles. The molecule has 0 radical (unpaired) electrons. The van der Waals surface area contributed by atoms with Gasteiger partial charge >= 0.3 is 0 Å². The highest BCUT2D eigenvalue weighted by Gasteiger charge is 2.09. The third-order valence-electron chi connectivity index (χ3n) is 2.33. The number of rotatable bonds is 0. The topological polar surface area (TPSA) is 19.7 Å². The zero-order valence-electron chi connectivity index (χ0n) is 7.68. The molecule has 0 saturated heterocycles. The molecule has 0 spiro atoms. The second-order valence-electron chi connectivity index (χ2n) is 3.29. The molecule has 12 heavy (non-hydrogen) atoms. The first-order chi connectivity index (χ1) is 5.68. The first kappa shape index (κ1) is 7.35. The maximum atomic E-state index is 3.32. The lowest BCUT2D eigenvalue weighted by atomic mass is 10.2. The van der Waals surface area contributed by atoms with Gasteiger partial charge in [0.15, 0.2) is 11.0 Å². The average Bonchev–Trinajstić information content (AvgIpc) is 2.31. The van der Waals surface area contributed by atoms with Gasteiger partial charge in [-0.1, -0.05) is 6.07 Å². The zero-order valence-corrected chi connectivity index (χ0v) is 7.68. The van der Waals surface area contributed by atoms with Crippen molar-refractivity contribution in [3.8, 4) is 0 Å². The molecule has 0 unspecified atom stereocenters. The minimum Gasteiger partial charge on any atom is -0.241 e. The van der Waals surface area contributed by atoms with E-state index < -0.39 is 0 Å². The fourth-order valence-corrected chi connectivity index (χ4v) is 1.48. The standard InChI is InChI=1S/C10H12N2/c1-7-4-5-9-10(6-7)12(3)8(2)11-9/h4-6H,1-3H3/p+1. The van der Waals surface area contributed by atoms with Crippen LogP contribution in [0.3, 0.4) is 0 Å². The van der Waals surface area contributed by atoms with E-state index in [4.69, 9.17) is 0 Å². The van der Waals surface area contributed by atoms with Crippen LogP contribution >= 0.6 is 0 Å². The fraction of sp³-hybridized carbons (Fsp3) is 0.300. The van der Waals surface area contributed by atoms with Gasteiger partial charge in [-0.25, -0.2) is 9.55 Å². The van der Waals surface area contributed by atoms with Gasteiger partial charge < -0.3 is 0 Å². The molecule has 2 aromatic rings. The van der Waals surface area contributed by atoms with Crippen LogP contribution in [0.1, 0.15) is 11.4 Å². The summed E-state index contributed by atoms with van der Waals surface area (Å²) in [6, 6.07) is 6.44. The first-order valence-electron chi connectivity index (χ1n) is 4.13. The van der Waals surface area contributed by atoms with E-state index in [0.29, 0.717) is 0 Å². The summed E-state index contributed by atoms with van der Waals surface area (Å²) in [5.41, 5.74) is 3.78. The largest absolute Gasteiger partial charge is 0.251 e. The Morgan fingerprint density at radius 1 is 1.25 bits per heavy atom. The van der Waals surface area contributed by atoms with Crippen molar-refractivity contribution in [1.29, 1.82) is 0 Å². The predicted octanol–water partition coefficient (Wildman–Crippen LogP) is 1.61. The molecule has 0 aliphatic rings. The van der Waals surface area contributed by atoms with Crippen LogP contribution in [0.4, 0.5) is 0 Å². The van der Waals surface area contributed by atoms with Crippen molar-refractivity contribution in [2.45, 2.75) is 13.8 Å². The second-order valence-corrected chi connectivity index (χ2v) is 3.29. The molecule has 62 valence electrons. The number of nitrogens with zero attached hydrogens (tertiary/aromatic N) is 1. The van der Waals surface area contributed by atoms with E-state index in [2.05, 4.69) is 48.6 Å². The molecule has 2 rings (SSSR count). The molecular formula is C10H13N2+. The van der Waals surface area contributed by atoms with Crippen molar-refractivity contribution in [3.05, 3.63) is 29.6 Å². The van der Waals surface area contributed by atoms with E-state index >= 15 is 0 Å². The van der Waals surface area contributed by atoms with Gasteiger partial charge in [0, 0.05) is 6.92 Å². The number of hydrogen-bond acceptors (Lipinski definition) is 0. The number of benzene rings is 1. The van der Waals surface area contributed by atoms with E-state index in [1.807, 2.05) is 0 Å².